The molecule has 0 fully saturated rings. The average Bonchev–Trinajstić information content (AvgIpc) is 2.65. The van der Waals surface area contributed by atoms with Gasteiger partial charge in [-0.25, -0.2) is 0 Å². The molecule has 0 radical (unpaired) electrons. The van der Waals surface area contributed by atoms with Gasteiger partial charge < -0.3 is 0 Å². The number of benzene rings is 2. The molecule has 17 heavy (non-hydrogen) atoms. The first kappa shape index (κ1) is 9.17. The highest BCUT2D eigenvalue weighted by Crippen LogP contribution is 2.49. The van der Waals surface area contributed by atoms with Crippen molar-refractivity contribution < 1.29 is 4.79 Å². The lowest BCUT2D eigenvalue weighted by Gasteiger charge is -2.39. The molecule has 0 unspecified atom stereocenters. The number of carbonyl (C=O) groups excluding carboxylic acids is 1. The Bertz CT molecular complexity index is 641. The van der Waals surface area contributed by atoms with Gasteiger partial charge in [-0.05, 0) is 29.5 Å². The van der Waals surface area contributed by atoms with Crippen LogP contribution in [0.1, 0.15) is 27.0 Å². The first-order chi connectivity index (χ1) is 8.31. The third-order valence-electron chi connectivity index (χ3n) is 4.21. The second-order valence-corrected chi connectivity index (χ2v) is 5.08. The van der Waals surface area contributed by atoms with Crippen LogP contribution in [0, 0.1) is 0 Å². The van der Waals surface area contributed by atoms with E-state index in [1.807, 2.05) is 24.3 Å². The first-order valence-corrected chi connectivity index (χ1v) is 6.02. The summed E-state index contributed by atoms with van der Waals surface area (Å²) in [6.07, 6.45) is 1.80. The monoisotopic (exact) mass is 220 g/mol. The number of carbonyl (C=O) groups is 1. The topological polar surface area (TPSA) is 17.1 Å². The van der Waals surface area contributed by atoms with Crippen molar-refractivity contribution in [3.05, 3.63) is 70.8 Å². The van der Waals surface area contributed by atoms with Crippen molar-refractivity contribution in [2.45, 2.75) is 18.3 Å². The lowest BCUT2D eigenvalue weighted by Crippen LogP contribution is -2.44. The van der Waals surface area contributed by atoms with Gasteiger partial charge in [-0.3, -0.25) is 4.79 Å². The molecule has 0 saturated carbocycles. The SMILES string of the molecule is O=C1c2ccccc2C[C@@]12Cc1ccccc12. The molecule has 2 aromatic rings. The summed E-state index contributed by atoms with van der Waals surface area (Å²) in [6.45, 7) is 0. The van der Waals surface area contributed by atoms with Crippen LogP contribution in [0.2, 0.25) is 0 Å². The van der Waals surface area contributed by atoms with E-state index in [4.69, 9.17) is 0 Å². The summed E-state index contributed by atoms with van der Waals surface area (Å²) in [7, 11) is 0. The predicted octanol–water partition coefficient (Wildman–Crippen LogP) is 2.92. The molecular formula is C16H12O. The number of fused-ring (bicyclic) bond motifs is 3. The third-order valence-corrected chi connectivity index (χ3v) is 4.21. The fourth-order valence-corrected chi connectivity index (χ4v) is 3.37. The van der Waals surface area contributed by atoms with E-state index >= 15 is 0 Å². The van der Waals surface area contributed by atoms with E-state index < -0.39 is 0 Å². The van der Waals surface area contributed by atoms with Crippen LogP contribution < -0.4 is 0 Å². The summed E-state index contributed by atoms with van der Waals surface area (Å²) in [5, 5.41) is 0. The molecule has 2 aliphatic carbocycles. The van der Waals surface area contributed by atoms with Crippen molar-refractivity contribution in [3.63, 3.8) is 0 Å². The average molecular weight is 220 g/mol. The number of rotatable bonds is 0. The molecule has 0 bridgehead atoms. The van der Waals surface area contributed by atoms with E-state index in [1.165, 1.54) is 16.7 Å². The zero-order chi connectivity index (χ0) is 11.5. The quantitative estimate of drug-likeness (QED) is 0.667. The van der Waals surface area contributed by atoms with Crippen LogP contribution in [0.15, 0.2) is 48.5 Å². The van der Waals surface area contributed by atoms with Crippen molar-refractivity contribution >= 4 is 5.78 Å². The summed E-state index contributed by atoms with van der Waals surface area (Å²) in [5.41, 5.74) is 4.52. The number of Topliss-reactive ketones (excluding diaryl/α,β-unsaturated/α-hetero) is 1. The van der Waals surface area contributed by atoms with Gasteiger partial charge in [0, 0.05) is 5.56 Å². The van der Waals surface area contributed by atoms with Gasteiger partial charge in [0.1, 0.15) is 0 Å². The van der Waals surface area contributed by atoms with E-state index in [9.17, 15) is 4.79 Å². The van der Waals surface area contributed by atoms with Gasteiger partial charge in [0.2, 0.25) is 0 Å². The molecule has 1 nitrogen and oxygen atoms in total. The molecule has 82 valence electrons. The van der Waals surface area contributed by atoms with Crippen LogP contribution in [-0.2, 0) is 18.3 Å². The zero-order valence-corrected chi connectivity index (χ0v) is 9.44. The van der Waals surface area contributed by atoms with Crippen LogP contribution in [0.3, 0.4) is 0 Å². The van der Waals surface area contributed by atoms with Crippen molar-refractivity contribution in [2.75, 3.05) is 0 Å². The van der Waals surface area contributed by atoms with Gasteiger partial charge in [0.05, 0.1) is 5.41 Å². The van der Waals surface area contributed by atoms with Gasteiger partial charge in [0.25, 0.3) is 0 Å². The molecular weight excluding hydrogens is 208 g/mol. The largest absolute Gasteiger partial charge is 0.293 e. The molecule has 0 N–H and O–H groups in total. The highest BCUT2D eigenvalue weighted by atomic mass is 16.1. The predicted molar refractivity (Wildman–Crippen MR) is 66.3 cm³/mol. The Morgan fingerprint density at radius 3 is 2.24 bits per heavy atom. The number of hydrogen-bond donors (Lipinski definition) is 0. The summed E-state index contributed by atoms with van der Waals surface area (Å²) in [6, 6.07) is 16.4. The van der Waals surface area contributed by atoms with Gasteiger partial charge in [-0.15, -0.1) is 0 Å². The minimum atomic E-state index is -0.222. The minimum Gasteiger partial charge on any atom is -0.293 e. The van der Waals surface area contributed by atoms with Crippen molar-refractivity contribution in [1.82, 2.24) is 0 Å². The Balaban J connectivity index is 1.90. The molecule has 2 aromatic carbocycles. The molecule has 0 aliphatic heterocycles. The molecule has 1 heteroatoms. The van der Waals surface area contributed by atoms with Gasteiger partial charge in [-0.1, -0.05) is 48.5 Å². The maximum Gasteiger partial charge on any atom is 0.174 e. The van der Waals surface area contributed by atoms with E-state index in [2.05, 4.69) is 24.3 Å². The number of ketones is 1. The summed E-state index contributed by atoms with van der Waals surface area (Å²) < 4.78 is 0. The number of hydrogen-bond acceptors (Lipinski definition) is 1. The summed E-state index contributed by atoms with van der Waals surface area (Å²) >= 11 is 0. The van der Waals surface area contributed by atoms with Crippen LogP contribution in [0.25, 0.3) is 0 Å². The van der Waals surface area contributed by atoms with Crippen molar-refractivity contribution in [2.24, 2.45) is 0 Å². The van der Waals surface area contributed by atoms with Crippen LogP contribution in [0.4, 0.5) is 0 Å². The van der Waals surface area contributed by atoms with Crippen molar-refractivity contribution in [1.29, 1.82) is 0 Å². The Morgan fingerprint density at radius 2 is 1.47 bits per heavy atom. The molecule has 0 aromatic heterocycles. The normalized spacial score (nSPS) is 24.4. The highest BCUT2D eigenvalue weighted by Gasteiger charge is 2.52. The smallest absolute Gasteiger partial charge is 0.174 e. The molecule has 2 aliphatic rings. The van der Waals surface area contributed by atoms with E-state index in [0.29, 0.717) is 5.78 Å². The van der Waals surface area contributed by atoms with Crippen LogP contribution in [-0.4, -0.2) is 5.78 Å². The molecule has 0 heterocycles. The molecule has 0 saturated heterocycles. The van der Waals surface area contributed by atoms with Gasteiger partial charge in [-0.2, -0.15) is 0 Å². The lowest BCUT2D eigenvalue weighted by molar-refractivity contribution is 0.0882. The van der Waals surface area contributed by atoms with Gasteiger partial charge >= 0.3 is 0 Å². The maximum absolute atomic E-state index is 12.6. The molecule has 1 spiro atoms. The highest BCUT2D eigenvalue weighted by molar-refractivity contribution is 6.10. The Kier molecular flexibility index (Phi) is 1.54. The molecule has 0 amide bonds. The minimum absolute atomic E-state index is 0.222. The maximum atomic E-state index is 12.6. The van der Waals surface area contributed by atoms with E-state index in [0.717, 1.165) is 18.4 Å². The Morgan fingerprint density at radius 1 is 0.824 bits per heavy atom. The van der Waals surface area contributed by atoms with Crippen LogP contribution in [0.5, 0.6) is 0 Å². The first-order valence-electron chi connectivity index (χ1n) is 6.02. The van der Waals surface area contributed by atoms with E-state index in [1.54, 1.807) is 0 Å². The summed E-state index contributed by atoms with van der Waals surface area (Å²) in [5.74, 6) is 0.326. The van der Waals surface area contributed by atoms with Gasteiger partial charge in [0.15, 0.2) is 5.78 Å². The lowest BCUT2D eigenvalue weighted by atomic mass is 9.62. The van der Waals surface area contributed by atoms with E-state index in [-0.39, 0.29) is 5.41 Å². The van der Waals surface area contributed by atoms with Crippen LogP contribution >= 0.6 is 0 Å². The second kappa shape index (κ2) is 2.86. The molecule has 4 rings (SSSR count). The fourth-order valence-electron chi connectivity index (χ4n) is 3.37. The Labute approximate surface area is 100 Å². The summed E-state index contributed by atoms with van der Waals surface area (Å²) in [4.78, 5) is 12.6. The fraction of sp³-hybridized carbons (Fsp3) is 0.188. The Hall–Kier alpha value is -1.89. The van der Waals surface area contributed by atoms with Crippen molar-refractivity contribution in [3.8, 4) is 0 Å². The third kappa shape index (κ3) is 0.973. The second-order valence-electron chi connectivity index (χ2n) is 5.08. The standard InChI is InChI=1S/C16H12O/c17-15-13-7-3-1-5-11(13)9-16(15)10-12-6-2-4-8-14(12)16/h1-8H,9-10H2/t16-/m0/s1. The zero-order valence-electron chi connectivity index (χ0n) is 9.44. The molecule has 1 atom stereocenters.